The van der Waals surface area contributed by atoms with Crippen molar-refractivity contribution in [3.8, 4) is 0 Å². The van der Waals surface area contributed by atoms with Gasteiger partial charge in [0.2, 0.25) is 5.82 Å². The highest BCUT2D eigenvalue weighted by atomic mass is 16.5. The van der Waals surface area contributed by atoms with E-state index in [0.717, 1.165) is 5.39 Å². The Morgan fingerprint density at radius 1 is 1.33 bits per heavy atom. The zero-order valence-corrected chi connectivity index (χ0v) is 12.0. The van der Waals surface area contributed by atoms with Crippen LogP contribution in [0.25, 0.3) is 10.9 Å². The molecule has 1 saturated heterocycles. The minimum absolute atomic E-state index is 0.175. The number of benzene rings is 1. The van der Waals surface area contributed by atoms with Crippen LogP contribution in [0.4, 0.5) is 5.82 Å². The molecule has 3 rings (SSSR count). The zero-order valence-electron chi connectivity index (χ0n) is 12.0. The number of carboxylic acid groups (broad SMARTS) is 1. The number of hydrogen-bond acceptors (Lipinski definition) is 5. The molecule has 1 fully saturated rings. The lowest BCUT2D eigenvalue weighted by molar-refractivity contribution is 0.0637. The van der Waals surface area contributed by atoms with Crippen molar-refractivity contribution < 1.29 is 14.6 Å². The van der Waals surface area contributed by atoms with Gasteiger partial charge in [0.15, 0.2) is 0 Å². The predicted octanol–water partition coefficient (Wildman–Crippen LogP) is 1.94. The van der Waals surface area contributed by atoms with Crippen molar-refractivity contribution >= 4 is 22.7 Å². The minimum Gasteiger partial charge on any atom is -0.475 e. The summed E-state index contributed by atoms with van der Waals surface area (Å²) in [5, 5.41) is 10.1. The summed E-state index contributed by atoms with van der Waals surface area (Å²) in [5.41, 5.74) is 0.396. The van der Waals surface area contributed by atoms with Crippen molar-refractivity contribution in [2.24, 2.45) is 0 Å². The molecule has 1 aromatic carbocycles. The first kappa shape index (κ1) is 13.8. The van der Waals surface area contributed by atoms with Crippen LogP contribution in [0.3, 0.4) is 0 Å². The maximum Gasteiger partial charge on any atom is 0.374 e. The van der Waals surface area contributed by atoms with E-state index in [9.17, 15) is 9.90 Å². The molecule has 0 aliphatic carbocycles. The van der Waals surface area contributed by atoms with E-state index in [-0.39, 0.29) is 11.4 Å². The highest BCUT2D eigenvalue weighted by molar-refractivity contribution is 5.94. The molecule has 0 amide bonds. The number of aromatic carboxylic acids is 1. The molecule has 0 spiro atoms. The molecule has 21 heavy (non-hydrogen) atoms. The molecule has 0 radical (unpaired) electrons. The standard InChI is InChI=1S/C15H17N3O3/c1-15(2)9-21-8-7-18(15)13-10-5-3-4-6-11(10)16-12(17-13)14(19)20/h3-6H,7-9H2,1-2H3,(H,19,20). The summed E-state index contributed by atoms with van der Waals surface area (Å²) in [6, 6.07) is 7.47. The van der Waals surface area contributed by atoms with E-state index < -0.39 is 5.97 Å². The van der Waals surface area contributed by atoms with Gasteiger partial charge in [-0.15, -0.1) is 0 Å². The molecule has 0 unspecified atom stereocenters. The van der Waals surface area contributed by atoms with E-state index in [1.54, 1.807) is 6.07 Å². The summed E-state index contributed by atoms with van der Waals surface area (Å²) >= 11 is 0. The lowest BCUT2D eigenvalue weighted by Gasteiger charge is -2.43. The molecule has 0 atom stereocenters. The Kier molecular flexibility index (Phi) is 3.25. The second-order valence-corrected chi connectivity index (χ2v) is 5.71. The molecule has 2 heterocycles. The third-order valence-electron chi connectivity index (χ3n) is 3.68. The van der Waals surface area contributed by atoms with E-state index in [1.807, 2.05) is 18.2 Å². The highest BCUT2D eigenvalue weighted by Crippen LogP contribution is 2.31. The summed E-state index contributed by atoms with van der Waals surface area (Å²) in [7, 11) is 0. The van der Waals surface area contributed by atoms with Gasteiger partial charge in [-0.3, -0.25) is 0 Å². The minimum atomic E-state index is -1.12. The van der Waals surface area contributed by atoms with Crippen molar-refractivity contribution in [1.82, 2.24) is 9.97 Å². The third-order valence-corrected chi connectivity index (χ3v) is 3.68. The van der Waals surface area contributed by atoms with Crippen LogP contribution in [0.15, 0.2) is 24.3 Å². The fourth-order valence-electron chi connectivity index (χ4n) is 2.61. The monoisotopic (exact) mass is 287 g/mol. The molecule has 2 aromatic rings. The highest BCUT2D eigenvalue weighted by Gasteiger charge is 2.33. The Labute approximate surface area is 122 Å². The second kappa shape index (κ2) is 4.96. The Balaban J connectivity index is 2.22. The first-order chi connectivity index (χ1) is 9.99. The van der Waals surface area contributed by atoms with Gasteiger partial charge in [0.1, 0.15) is 5.82 Å². The third kappa shape index (κ3) is 2.42. The number of morpholine rings is 1. The summed E-state index contributed by atoms with van der Waals surface area (Å²) in [6.45, 7) is 5.97. The number of ether oxygens (including phenoxy) is 1. The fourth-order valence-corrected chi connectivity index (χ4v) is 2.61. The van der Waals surface area contributed by atoms with Crippen LogP contribution in [-0.4, -0.2) is 46.3 Å². The molecule has 6 heteroatoms. The number of rotatable bonds is 2. The summed E-state index contributed by atoms with van der Waals surface area (Å²) in [4.78, 5) is 21.8. The Morgan fingerprint density at radius 3 is 2.81 bits per heavy atom. The van der Waals surface area contributed by atoms with E-state index in [2.05, 4.69) is 28.7 Å². The van der Waals surface area contributed by atoms with Crippen LogP contribution in [-0.2, 0) is 4.74 Å². The maximum absolute atomic E-state index is 11.3. The smallest absolute Gasteiger partial charge is 0.374 e. The molecule has 1 aromatic heterocycles. The molecule has 0 bridgehead atoms. The van der Waals surface area contributed by atoms with E-state index >= 15 is 0 Å². The topological polar surface area (TPSA) is 75.5 Å². The molecule has 1 aliphatic rings. The number of carbonyl (C=O) groups is 1. The summed E-state index contributed by atoms with van der Waals surface area (Å²) in [6.07, 6.45) is 0. The van der Waals surface area contributed by atoms with Gasteiger partial charge in [0, 0.05) is 11.9 Å². The summed E-state index contributed by atoms with van der Waals surface area (Å²) < 4.78 is 5.52. The van der Waals surface area contributed by atoms with Gasteiger partial charge in [-0.1, -0.05) is 12.1 Å². The largest absolute Gasteiger partial charge is 0.475 e. The molecule has 6 nitrogen and oxygen atoms in total. The van der Waals surface area contributed by atoms with Crippen LogP contribution in [0.2, 0.25) is 0 Å². The maximum atomic E-state index is 11.3. The first-order valence-corrected chi connectivity index (χ1v) is 6.84. The number of fused-ring (bicyclic) bond motifs is 1. The van der Waals surface area contributed by atoms with Crippen molar-refractivity contribution in [2.75, 3.05) is 24.7 Å². The number of nitrogens with zero attached hydrogens (tertiary/aromatic N) is 3. The van der Waals surface area contributed by atoms with Crippen LogP contribution < -0.4 is 4.90 Å². The number of para-hydroxylation sites is 1. The van der Waals surface area contributed by atoms with E-state index in [0.29, 0.717) is 31.1 Å². The van der Waals surface area contributed by atoms with Crippen molar-refractivity contribution in [2.45, 2.75) is 19.4 Å². The van der Waals surface area contributed by atoms with Crippen LogP contribution >= 0.6 is 0 Å². The molecular formula is C15H17N3O3. The summed E-state index contributed by atoms with van der Waals surface area (Å²) in [5.74, 6) is -0.634. The normalized spacial score (nSPS) is 17.9. The van der Waals surface area contributed by atoms with Crippen LogP contribution in [0, 0.1) is 0 Å². The average Bonchev–Trinajstić information content (AvgIpc) is 2.46. The number of hydrogen-bond donors (Lipinski definition) is 1. The van der Waals surface area contributed by atoms with Crippen molar-refractivity contribution in [3.05, 3.63) is 30.1 Å². The number of carboxylic acids is 1. The predicted molar refractivity (Wildman–Crippen MR) is 78.7 cm³/mol. The Bertz CT molecular complexity index is 700. The SMILES string of the molecule is CC1(C)COCCN1c1nc(C(=O)O)nc2ccccc12. The Hall–Kier alpha value is -2.21. The second-order valence-electron chi connectivity index (χ2n) is 5.71. The zero-order chi connectivity index (χ0) is 15.0. The van der Waals surface area contributed by atoms with E-state index in [4.69, 9.17) is 4.74 Å². The van der Waals surface area contributed by atoms with Gasteiger partial charge in [-0.25, -0.2) is 14.8 Å². The molecule has 110 valence electrons. The molecule has 1 N–H and O–H groups in total. The average molecular weight is 287 g/mol. The lowest BCUT2D eigenvalue weighted by atomic mass is 10.0. The van der Waals surface area contributed by atoms with Crippen LogP contribution in [0.1, 0.15) is 24.5 Å². The van der Waals surface area contributed by atoms with E-state index in [1.165, 1.54) is 0 Å². The number of anilines is 1. The Morgan fingerprint density at radius 2 is 2.10 bits per heavy atom. The molecular weight excluding hydrogens is 270 g/mol. The van der Waals surface area contributed by atoms with Crippen LogP contribution in [0.5, 0.6) is 0 Å². The van der Waals surface area contributed by atoms with Gasteiger partial charge in [-0.2, -0.15) is 0 Å². The fraction of sp³-hybridized carbons (Fsp3) is 0.400. The van der Waals surface area contributed by atoms with Crippen molar-refractivity contribution in [1.29, 1.82) is 0 Å². The lowest BCUT2D eigenvalue weighted by Crippen LogP contribution is -2.53. The van der Waals surface area contributed by atoms with Gasteiger partial charge >= 0.3 is 5.97 Å². The quantitative estimate of drug-likeness (QED) is 0.909. The number of aromatic nitrogens is 2. The molecule has 0 saturated carbocycles. The van der Waals surface area contributed by atoms with Gasteiger partial charge < -0.3 is 14.7 Å². The van der Waals surface area contributed by atoms with Crippen molar-refractivity contribution in [3.63, 3.8) is 0 Å². The van der Waals surface area contributed by atoms with Gasteiger partial charge in [0.05, 0.1) is 24.3 Å². The van der Waals surface area contributed by atoms with Gasteiger partial charge in [-0.05, 0) is 26.0 Å². The first-order valence-electron chi connectivity index (χ1n) is 6.84. The van der Waals surface area contributed by atoms with Gasteiger partial charge in [0.25, 0.3) is 0 Å². The molecule has 1 aliphatic heterocycles.